The number of hydrogen-bond donors (Lipinski definition) is 1. The molecular formula is C30H52O. The van der Waals surface area contributed by atoms with Gasteiger partial charge in [0, 0.05) is 0 Å². The first-order chi connectivity index (χ1) is 14.5. The lowest BCUT2D eigenvalue weighted by atomic mass is 9.43. The first-order valence-electron chi connectivity index (χ1n) is 13.9. The second-order valence-electron chi connectivity index (χ2n) is 13.6. The third-order valence-corrected chi connectivity index (χ3v) is 12.1. The molecule has 4 fully saturated rings. The van der Waals surface area contributed by atoms with Crippen molar-refractivity contribution in [2.24, 2.45) is 64.1 Å². The van der Waals surface area contributed by atoms with Gasteiger partial charge in [0.2, 0.25) is 0 Å². The van der Waals surface area contributed by atoms with Crippen LogP contribution in [0.4, 0.5) is 0 Å². The molecule has 4 unspecified atom stereocenters. The van der Waals surface area contributed by atoms with E-state index in [1.165, 1.54) is 44.9 Å². The van der Waals surface area contributed by atoms with E-state index in [1.807, 2.05) is 0 Å². The van der Waals surface area contributed by atoms with E-state index in [4.69, 9.17) is 0 Å². The zero-order chi connectivity index (χ0) is 22.7. The molecule has 0 aromatic heterocycles. The largest absolute Gasteiger partial charge is 0.393 e. The lowest BCUT2D eigenvalue weighted by Crippen LogP contribution is -2.56. The zero-order valence-corrected chi connectivity index (χ0v) is 22.0. The molecule has 4 aliphatic rings. The van der Waals surface area contributed by atoms with Gasteiger partial charge in [-0.15, -0.1) is 0 Å². The smallest absolute Gasteiger partial charge is 0.0568 e. The molecule has 0 aliphatic heterocycles. The number of fused-ring (bicyclic) bond motifs is 5. The molecule has 0 radical (unpaired) electrons. The van der Waals surface area contributed by atoms with Gasteiger partial charge in [0.25, 0.3) is 0 Å². The highest BCUT2D eigenvalue weighted by molar-refractivity contribution is 5.13. The highest BCUT2D eigenvalue weighted by Gasteiger charge is 2.61. The minimum Gasteiger partial charge on any atom is -0.393 e. The van der Waals surface area contributed by atoms with Gasteiger partial charge in [-0.3, -0.25) is 0 Å². The van der Waals surface area contributed by atoms with Crippen molar-refractivity contribution in [2.45, 2.75) is 113 Å². The Bertz CT molecular complexity index is 678. The van der Waals surface area contributed by atoms with E-state index in [2.05, 4.69) is 61.5 Å². The zero-order valence-electron chi connectivity index (χ0n) is 22.0. The first-order valence-corrected chi connectivity index (χ1v) is 13.9. The van der Waals surface area contributed by atoms with Crippen molar-refractivity contribution >= 4 is 0 Å². The number of aliphatic hydroxyl groups excluding tert-OH is 1. The first kappa shape index (κ1) is 23.8. The standard InChI is InChI=1S/C30H52O/c1-18(2)21(5)19(3)17-20(4)24-11-12-26-23-9-10-25-22(6)28(31)14-16-30(25,8)27(23)13-15-29(24,26)7/h17-18,20-28,31H,9-16H2,1-8H3/t20-,21?,22?,23+,24-,25?,26+,27+,28?,29-,30+/m1/s1. The molecule has 0 heterocycles. The van der Waals surface area contributed by atoms with Crippen LogP contribution in [-0.2, 0) is 0 Å². The Morgan fingerprint density at radius 1 is 0.839 bits per heavy atom. The number of allylic oxidation sites excluding steroid dienone is 2. The fraction of sp³-hybridized carbons (Fsp3) is 0.933. The van der Waals surface area contributed by atoms with E-state index < -0.39 is 0 Å². The van der Waals surface area contributed by atoms with E-state index >= 15 is 0 Å². The summed E-state index contributed by atoms with van der Waals surface area (Å²) in [6, 6.07) is 0. The normalized spacial score (nSPS) is 49.9. The van der Waals surface area contributed by atoms with Gasteiger partial charge >= 0.3 is 0 Å². The maximum atomic E-state index is 10.6. The second kappa shape index (κ2) is 8.48. The Labute approximate surface area is 193 Å². The molecule has 4 saturated carbocycles. The molecule has 0 aromatic carbocycles. The highest BCUT2D eigenvalue weighted by Crippen LogP contribution is 2.68. The van der Waals surface area contributed by atoms with Crippen molar-refractivity contribution < 1.29 is 5.11 Å². The summed E-state index contributed by atoms with van der Waals surface area (Å²) in [5, 5.41) is 10.6. The van der Waals surface area contributed by atoms with Crippen LogP contribution in [0.3, 0.4) is 0 Å². The van der Waals surface area contributed by atoms with Crippen LogP contribution in [0.15, 0.2) is 11.6 Å². The predicted molar refractivity (Wildman–Crippen MR) is 133 cm³/mol. The van der Waals surface area contributed by atoms with Gasteiger partial charge in [-0.05, 0) is 122 Å². The maximum Gasteiger partial charge on any atom is 0.0568 e. The molecule has 1 N–H and O–H groups in total. The topological polar surface area (TPSA) is 20.2 Å². The van der Waals surface area contributed by atoms with Crippen LogP contribution in [0.1, 0.15) is 107 Å². The minimum absolute atomic E-state index is 0.0524. The van der Waals surface area contributed by atoms with Crippen LogP contribution >= 0.6 is 0 Å². The van der Waals surface area contributed by atoms with Crippen molar-refractivity contribution in [1.82, 2.24) is 0 Å². The van der Waals surface area contributed by atoms with Gasteiger partial charge in [-0.1, -0.05) is 60.1 Å². The van der Waals surface area contributed by atoms with E-state index in [9.17, 15) is 5.11 Å². The fourth-order valence-corrected chi connectivity index (χ4v) is 9.82. The van der Waals surface area contributed by atoms with Crippen molar-refractivity contribution in [3.05, 3.63) is 11.6 Å². The van der Waals surface area contributed by atoms with Gasteiger partial charge in [-0.25, -0.2) is 0 Å². The summed E-state index contributed by atoms with van der Waals surface area (Å²) in [5.74, 6) is 7.05. The molecule has 0 amide bonds. The molecule has 4 rings (SSSR count). The van der Waals surface area contributed by atoms with E-state index in [-0.39, 0.29) is 6.10 Å². The van der Waals surface area contributed by atoms with Crippen LogP contribution in [0.25, 0.3) is 0 Å². The van der Waals surface area contributed by atoms with Gasteiger partial charge in [0.05, 0.1) is 6.10 Å². The Morgan fingerprint density at radius 3 is 2.13 bits per heavy atom. The van der Waals surface area contributed by atoms with Gasteiger partial charge in [0.1, 0.15) is 0 Å². The van der Waals surface area contributed by atoms with Crippen LogP contribution in [0, 0.1) is 64.1 Å². The van der Waals surface area contributed by atoms with Crippen LogP contribution in [0.2, 0.25) is 0 Å². The summed E-state index contributed by atoms with van der Waals surface area (Å²) in [7, 11) is 0. The molecule has 1 nitrogen and oxygen atoms in total. The van der Waals surface area contributed by atoms with Crippen LogP contribution in [0.5, 0.6) is 0 Å². The number of hydrogen-bond acceptors (Lipinski definition) is 1. The third-order valence-electron chi connectivity index (χ3n) is 12.1. The van der Waals surface area contributed by atoms with Crippen LogP contribution in [-0.4, -0.2) is 11.2 Å². The average molecular weight is 429 g/mol. The minimum atomic E-state index is -0.0524. The van der Waals surface area contributed by atoms with Gasteiger partial charge < -0.3 is 5.11 Å². The van der Waals surface area contributed by atoms with Crippen LogP contribution < -0.4 is 0 Å². The molecule has 11 atom stereocenters. The van der Waals surface area contributed by atoms with Gasteiger partial charge in [-0.2, -0.15) is 0 Å². The Hall–Kier alpha value is -0.300. The monoisotopic (exact) mass is 428 g/mol. The van der Waals surface area contributed by atoms with E-state index in [0.717, 1.165) is 41.9 Å². The molecule has 31 heavy (non-hydrogen) atoms. The summed E-state index contributed by atoms with van der Waals surface area (Å²) in [6.45, 7) is 19.7. The quantitative estimate of drug-likeness (QED) is 0.448. The van der Waals surface area contributed by atoms with Crippen molar-refractivity contribution in [3.8, 4) is 0 Å². The molecule has 0 spiro atoms. The molecule has 0 bridgehead atoms. The Balaban J connectivity index is 1.53. The second-order valence-corrected chi connectivity index (χ2v) is 13.6. The van der Waals surface area contributed by atoms with E-state index in [0.29, 0.717) is 28.6 Å². The molecule has 0 aromatic rings. The summed E-state index contributed by atoms with van der Waals surface area (Å²) in [6.07, 6.45) is 13.5. The summed E-state index contributed by atoms with van der Waals surface area (Å²) < 4.78 is 0. The molecule has 178 valence electrons. The fourth-order valence-electron chi connectivity index (χ4n) is 9.82. The molecule has 1 heteroatoms. The third kappa shape index (κ3) is 3.77. The summed E-state index contributed by atoms with van der Waals surface area (Å²) in [4.78, 5) is 0. The molecular weight excluding hydrogens is 376 g/mol. The average Bonchev–Trinajstić information content (AvgIpc) is 3.07. The molecule has 4 aliphatic carbocycles. The lowest BCUT2D eigenvalue weighted by Gasteiger charge is -2.62. The Morgan fingerprint density at radius 2 is 1.45 bits per heavy atom. The maximum absolute atomic E-state index is 10.6. The van der Waals surface area contributed by atoms with Gasteiger partial charge in [0.15, 0.2) is 0 Å². The highest BCUT2D eigenvalue weighted by atomic mass is 16.3. The predicted octanol–water partition coefficient (Wildman–Crippen LogP) is 8.13. The van der Waals surface area contributed by atoms with Crippen molar-refractivity contribution in [1.29, 1.82) is 0 Å². The van der Waals surface area contributed by atoms with Crippen molar-refractivity contribution in [3.63, 3.8) is 0 Å². The van der Waals surface area contributed by atoms with E-state index in [1.54, 1.807) is 5.57 Å². The number of rotatable bonds is 4. The summed E-state index contributed by atoms with van der Waals surface area (Å²) >= 11 is 0. The summed E-state index contributed by atoms with van der Waals surface area (Å²) in [5.41, 5.74) is 2.64. The Kier molecular flexibility index (Phi) is 6.53. The van der Waals surface area contributed by atoms with Crippen molar-refractivity contribution in [2.75, 3.05) is 0 Å². The SMILES string of the molecule is CC(=C[C@@H](C)[C@H]1CC[C@H]2[C@@H]3CCC4C(C)C(O)CC[C@]4(C)[C@H]3CC[C@]12C)C(C)C(C)C. The number of aliphatic hydroxyl groups is 1. The molecule has 0 saturated heterocycles. The lowest BCUT2D eigenvalue weighted by molar-refractivity contribution is -0.148.